The average Bonchev–Trinajstić information content (AvgIpc) is 3.13. The Morgan fingerprint density at radius 1 is 1.08 bits per heavy atom. The molecule has 1 amide bonds. The molecule has 0 fully saturated rings. The summed E-state index contributed by atoms with van der Waals surface area (Å²) in [5.41, 5.74) is 6.35. The van der Waals surface area contributed by atoms with Crippen molar-refractivity contribution in [2.45, 2.75) is 51.5 Å². The van der Waals surface area contributed by atoms with E-state index < -0.39 is 0 Å². The SMILES string of the molecule is CCC(NC(=O)Cc1ccc2[nH]ccc2c1)c1ccc2c(c1)CCCC2. The number of aromatic nitrogens is 1. The molecule has 3 nitrogen and oxygen atoms in total. The highest BCUT2D eigenvalue weighted by atomic mass is 16.1. The van der Waals surface area contributed by atoms with E-state index in [0.717, 1.165) is 22.9 Å². The van der Waals surface area contributed by atoms with Crippen LogP contribution in [-0.4, -0.2) is 10.9 Å². The minimum atomic E-state index is 0.0875. The fourth-order valence-electron chi connectivity index (χ4n) is 4.03. The first-order chi connectivity index (χ1) is 12.7. The predicted octanol–water partition coefficient (Wildman–Crippen LogP) is 4.86. The van der Waals surface area contributed by atoms with E-state index in [4.69, 9.17) is 0 Å². The number of aryl methyl sites for hydroxylation is 2. The second kappa shape index (κ2) is 7.36. The molecular formula is C23H26N2O. The number of carbonyl (C=O) groups is 1. The maximum Gasteiger partial charge on any atom is 0.224 e. The van der Waals surface area contributed by atoms with Gasteiger partial charge in [0.25, 0.3) is 0 Å². The van der Waals surface area contributed by atoms with E-state index in [1.807, 2.05) is 24.4 Å². The Bertz CT molecular complexity index is 925. The molecule has 3 aromatic rings. The molecule has 4 rings (SSSR count). The topological polar surface area (TPSA) is 44.9 Å². The highest BCUT2D eigenvalue weighted by Crippen LogP contribution is 2.26. The molecule has 1 unspecified atom stereocenters. The quantitative estimate of drug-likeness (QED) is 0.681. The summed E-state index contributed by atoms with van der Waals surface area (Å²) in [5.74, 6) is 0.0875. The normalized spacial score (nSPS) is 14.8. The summed E-state index contributed by atoms with van der Waals surface area (Å²) in [6.45, 7) is 2.14. The van der Waals surface area contributed by atoms with Gasteiger partial charge in [-0.3, -0.25) is 4.79 Å². The van der Waals surface area contributed by atoms with Gasteiger partial charge in [-0.05, 0) is 77.9 Å². The number of benzene rings is 2. The van der Waals surface area contributed by atoms with Gasteiger partial charge in [-0.15, -0.1) is 0 Å². The lowest BCUT2D eigenvalue weighted by Gasteiger charge is -2.22. The van der Waals surface area contributed by atoms with Gasteiger partial charge in [-0.25, -0.2) is 0 Å². The summed E-state index contributed by atoms with van der Waals surface area (Å²) in [7, 11) is 0. The molecule has 26 heavy (non-hydrogen) atoms. The Balaban J connectivity index is 1.46. The van der Waals surface area contributed by atoms with Crippen LogP contribution in [0.5, 0.6) is 0 Å². The zero-order valence-corrected chi connectivity index (χ0v) is 15.3. The van der Waals surface area contributed by atoms with Gasteiger partial charge in [0.05, 0.1) is 12.5 Å². The highest BCUT2D eigenvalue weighted by Gasteiger charge is 2.16. The van der Waals surface area contributed by atoms with Gasteiger partial charge in [0.15, 0.2) is 0 Å². The number of nitrogens with one attached hydrogen (secondary N) is 2. The number of carbonyl (C=O) groups excluding carboxylic acids is 1. The minimum absolute atomic E-state index is 0.0875. The smallest absolute Gasteiger partial charge is 0.224 e. The van der Waals surface area contributed by atoms with Crippen LogP contribution in [-0.2, 0) is 24.1 Å². The summed E-state index contributed by atoms with van der Waals surface area (Å²) in [6.07, 6.45) is 8.19. The van der Waals surface area contributed by atoms with E-state index in [9.17, 15) is 4.79 Å². The fraction of sp³-hybridized carbons (Fsp3) is 0.348. The van der Waals surface area contributed by atoms with Gasteiger partial charge >= 0.3 is 0 Å². The Labute approximate surface area is 154 Å². The van der Waals surface area contributed by atoms with E-state index in [1.54, 1.807) is 0 Å². The maximum absolute atomic E-state index is 12.6. The molecule has 1 aromatic heterocycles. The third kappa shape index (κ3) is 3.52. The predicted molar refractivity (Wildman–Crippen MR) is 106 cm³/mol. The first kappa shape index (κ1) is 16.9. The average molecular weight is 346 g/mol. The number of amides is 1. The molecular weight excluding hydrogens is 320 g/mol. The lowest BCUT2D eigenvalue weighted by Crippen LogP contribution is -2.29. The van der Waals surface area contributed by atoms with Crippen molar-refractivity contribution in [1.29, 1.82) is 0 Å². The number of aromatic amines is 1. The van der Waals surface area contributed by atoms with Gasteiger partial charge < -0.3 is 10.3 Å². The summed E-state index contributed by atoms with van der Waals surface area (Å²) in [6, 6.07) is 15.1. The first-order valence-corrected chi connectivity index (χ1v) is 9.70. The number of rotatable bonds is 5. The van der Waals surface area contributed by atoms with Crippen LogP contribution in [0, 0.1) is 0 Å². The maximum atomic E-state index is 12.6. The lowest BCUT2D eigenvalue weighted by molar-refractivity contribution is -0.121. The van der Waals surface area contributed by atoms with Gasteiger partial charge in [-0.2, -0.15) is 0 Å². The van der Waals surface area contributed by atoms with Crippen molar-refractivity contribution in [3.05, 3.63) is 70.9 Å². The fourth-order valence-corrected chi connectivity index (χ4v) is 4.03. The zero-order chi connectivity index (χ0) is 17.9. The van der Waals surface area contributed by atoms with Gasteiger partial charge in [0, 0.05) is 11.7 Å². The van der Waals surface area contributed by atoms with Crippen molar-refractivity contribution in [2.75, 3.05) is 0 Å². The molecule has 0 saturated carbocycles. The first-order valence-electron chi connectivity index (χ1n) is 9.70. The van der Waals surface area contributed by atoms with Crippen molar-refractivity contribution in [1.82, 2.24) is 10.3 Å². The second-order valence-corrected chi connectivity index (χ2v) is 7.34. The number of fused-ring (bicyclic) bond motifs is 2. The molecule has 1 aliphatic carbocycles. The Morgan fingerprint density at radius 3 is 2.77 bits per heavy atom. The molecule has 1 atom stereocenters. The summed E-state index contributed by atoms with van der Waals surface area (Å²) >= 11 is 0. The highest BCUT2D eigenvalue weighted by molar-refractivity contribution is 5.83. The number of hydrogen-bond acceptors (Lipinski definition) is 1. The second-order valence-electron chi connectivity index (χ2n) is 7.34. The Hall–Kier alpha value is -2.55. The van der Waals surface area contributed by atoms with Crippen LogP contribution in [0.25, 0.3) is 10.9 Å². The van der Waals surface area contributed by atoms with Crippen LogP contribution < -0.4 is 5.32 Å². The van der Waals surface area contributed by atoms with Gasteiger partial charge in [0.1, 0.15) is 0 Å². The Kier molecular flexibility index (Phi) is 4.79. The van der Waals surface area contributed by atoms with Crippen molar-refractivity contribution in [3.8, 4) is 0 Å². The number of hydrogen-bond donors (Lipinski definition) is 2. The summed E-state index contributed by atoms with van der Waals surface area (Å²) in [4.78, 5) is 15.8. The molecule has 1 heterocycles. The summed E-state index contributed by atoms with van der Waals surface area (Å²) in [5, 5.41) is 4.38. The van der Waals surface area contributed by atoms with Crippen LogP contribution >= 0.6 is 0 Å². The molecule has 1 aliphatic rings. The van der Waals surface area contributed by atoms with Crippen molar-refractivity contribution < 1.29 is 4.79 Å². The third-order valence-electron chi connectivity index (χ3n) is 5.50. The van der Waals surface area contributed by atoms with Gasteiger partial charge in [-0.1, -0.05) is 31.2 Å². The lowest BCUT2D eigenvalue weighted by atomic mass is 9.88. The van der Waals surface area contributed by atoms with Crippen molar-refractivity contribution in [3.63, 3.8) is 0 Å². The molecule has 0 radical (unpaired) electrons. The van der Waals surface area contributed by atoms with E-state index >= 15 is 0 Å². The molecule has 134 valence electrons. The molecule has 3 heteroatoms. The van der Waals surface area contributed by atoms with E-state index in [1.165, 1.54) is 42.4 Å². The van der Waals surface area contributed by atoms with Gasteiger partial charge in [0.2, 0.25) is 5.91 Å². The number of H-pyrrole nitrogens is 1. The minimum Gasteiger partial charge on any atom is -0.361 e. The monoisotopic (exact) mass is 346 g/mol. The zero-order valence-electron chi connectivity index (χ0n) is 15.3. The van der Waals surface area contributed by atoms with Crippen LogP contribution in [0.4, 0.5) is 0 Å². The van der Waals surface area contributed by atoms with Crippen LogP contribution in [0.15, 0.2) is 48.7 Å². The van der Waals surface area contributed by atoms with Crippen molar-refractivity contribution in [2.24, 2.45) is 0 Å². The molecule has 0 aliphatic heterocycles. The molecule has 0 spiro atoms. The van der Waals surface area contributed by atoms with Crippen molar-refractivity contribution >= 4 is 16.8 Å². The van der Waals surface area contributed by atoms with E-state index in [-0.39, 0.29) is 11.9 Å². The van der Waals surface area contributed by atoms with Crippen LogP contribution in [0.3, 0.4) is 0 Å². The van der Waals surface area contributed by atoms with E-state index in [2.05, 4.69) is 41.5 Å². The van der Waals surface area contributed by atoms with Crippen LogP contribution in [0.2, 0.25) is 0 Å². The molecule has 2 aromatic carbocycles. The molecule has 0 bridgehead atoms. The standard InChI is InChI=1S/C23H26N2O/c1-2-21(19-9-8-17-5-3-4-6-18(17)15-19)25-23(26)14-16-7-10-22-20(13-16)11-12-24-22/h7-13,15,21,24H,2-6,14H2,1H3,(H,25,26). The molecule has 2 N–H and O–H groups in total. The molecule has 0 saturated heterocycles. The summed E-state index contributed by atoms with van der Waals surface area (Å²) < 4.78 is 0. The Morgan fingerprint density at radius 2 is 1.92 bits per heavy atom. The van der Waals surface area contributed by atoms with E-state index in [0.29, 0.717) is 6.42 Å². The largest absolute Gasteiger partial charge is 0.361 e. The third-order valence-corrected chi connectivity index (χ3v) is 5.50. The van der Waals surface area contributed by atoms with Crippen LogP contribution in [0.1, 0.15) is 54.5 Å².